The topological polar surface area (TPSA) is 66.5 Å². The van der Waals surface area contributed by atoms with Crippen molar-refractivity contribution < 1.29 is 18.8 Å². The number of carbonyl (C=O) groups excluding carboxylic acids is 3. The van der Waals surface area contributed by atoms with Crippen LogP contribution in [0.4, 0.5) is 14.9 Å². The lowest BCUT2D eigenvalue weighted by Crippen LogP contribution is -2.53. The van der Waals surface area contributed by atoms with Crippen molar-refractivity contribution in [1.82, 2.24) is 5.32 Å². The number of hydrogen-bond donors (Lipinski definition) is 1. The molecule has 0 aromatic heterocycles. The van der Waals surface area contributed by atoms with Crippen LogP contribution in [0.2, 0.25) is 0 Å². The van der Waals surface area contributed by atoms with Crippen LogP contribution >= 0.6 is 15.9 Å². The monoisotopic (exact) mass is 300 g/mol. The summed E-state index contributed by atoms with van der Waals surface area (Å²) in [5, 5.41) is 2.01. The van der Waals surface area contributed by atoms with E-state index in [1.807, 2.05) is 5.32 Å². The molecule has 1 N–H and O–H groups in total. The molecule has 1 aliphatic rings. The number of nitrogens with zero attached hydrogens (tertiary/aromatic N) is 1. The smallest absolute Gasteiger partial charge is 0.277 e. The summed E-state index contributed by atoms with van der Waals surface area (Å²) >= 11 is 3.05. The average Bonchev–Trinajstić information content (AvgIpc) is 2.19. The van der Waals surface area contributed by atoms with Crippen LogP contribution in [0, 0.1) is 5.82 Å². The first-order valence-corrected chi connectivity index (χ1v) is 5.40. The molecule has 0 unspecified atom stereocenters. The van der Waals surface area contributed by atoms with Gasteiger partial charge in [-0.15, -0.1) is 0 Å². The third kappa shape index (κ3) is 2.19. The molecule has 0 radical (unpaired) electrons. The van der Waals surface area contributed by atoms with E-state index in [-0.39, 0.29) is 10.2 Å². The van der Waals surface area contributed by atoms with Crippen LogP contribution < -0.4 is 10.2 Å². The fourth-order valence-electron chi connectivity index (χ4n) is 1.46. The molecule has 1 heterocycles. The molecule has 0 saturated carbocycles. The normalized spacial score (nSPS) is 16.1. The Morgan fingerprint density at radius 1 is 1.29 bits per heavy atom. The van der Waals surface area contributed by atoms with Gasteiger partial charge in [0.1, 0.15) is 12.2 Å². The lowest BCUT2D eigenvalue weighted by molar-refractivity contribution is -0.128. The van der Waals surface area contributed by atoms with Crippen LogP contribution in [0.5, 0.6) is 0 Å². The van der Waals surface area contributed by atoms with E-state index in [4.69, 9.17) is 0 Å². The number of imide groups is 2. The molecule has 0 aliphatic carbocycles. The zero-order chi connectivity index (χ0) is 12.6. The summed E-state index contributed by atoms with van der Waals surface area (Å²) in [6, 6.07) is 2.70. The van der Waals surface area contributed by atoms with Crippen molar-refractivity contribution in [3.8, 4) is 0 Å². The summed E-state index contributed by atoms with van der Waals surface area (Å²) in [4.78, 5) is 34.8. The maximum atomic E-state index is 12.9. The molecule has 88 valence electrons. The minimum atomic E-state index is -0.835. The number of anilines is 1. The Morgan fingerprint density at radius 2 is 2.00 bits per heavy atom. The first-order chi connectivity index (χ1) is 7.99. The zero-order valence-electron chi connectivity index (χ0n) is 8.37. The standard InChI is InChI=1S/C10H6BrFN2O3/c11-6-3-5(12)1-2-7(6)14-9(16)4-8(15)13-10(14)17/h1-3H,4H2,(H,13,15,17). The minimum absolute atomic E-state index is 0.196. The summed E-state index contributed by atoms with van der Waals surface area (Å²) in [6.07, 6.45) is -0.407. The molecule has 1 aliphatic heterocycles. The number of nitrogens with one attached hydrogen (secondary N) is 1. The van der Waals surface area contributed by atoms with Crippen molar-refractivity contribution in [2.75, 3.05) is 4.90 Å². The highest BCUT2D eigenvalue weighted by atomic mass is 79.9. The van der Waals surface area contributed by atoms with Gasteiger partial charge in [-0.2, -0.15) is 0 Å². The molecular formula is C10H6BrFN2O3. The average molecular weight is 301 g/mol. The predicted molar refractivity (Wildman–Crippen MR) is 59.7 cm³/mol. The van der Waals surface area contributed by atoms with E-state index >= 15 is 0 Å². The van der Waals surface area contributed by atoms with Gasteiger partial charge in [0.05, 0.1) is 5.69 Å². The highest BCUT2D eigenvalue weighted by molar-refractivity contribution is 9.10. The first kappa shape index (κ1) is 11.7. The van der Waals surface area contributed by atoms with Gasteiger partial charge < -0.3 is 0 Å². The van der Waals surface area contributed by atoms with Gasteiger partial charge in [-0.25, -0.2) is 14.1 Å². The maximum absolute atomic E-state index is 12.9. The Morgan fingerprint density at radius 3 is 2.59 bits per heavy atom. The summed E-state index contributed by atoms with van der Waals surface area (Å²) in [5.74, 6) is -1.79. The maximum Gasteiger partial charge on any atom is 0.335 e. The van der Waals surface area contributed by atoms with E-state index < -0.39 is 30.1 Å². The number of barbiturate groups is 1. The van der Waals surface area contributed by atoms with Gasteiger partial charge in [0.15, 0.2) is 0 Å². The van der Waals surface area contributed by atoms with Gasteiger partial charge in [0.25, 0.3) is 0 Å². The van der Waals surface area contributed by atoms with Crippen molar-refractivity contribution >= 4 is 39.5 Å². The summed E-state index contributed by atoms with van der Waals surface area (Å²) in [7, 11) is 0. The van der Waals surface area contributed by atoms with Crippen molar-refractivity contribution in [2.45, 2.75) is 6.42 Å². The zero-order valence-corrected chi connectivity index (χ0v) is 9.95. The molecular weight excluding hydrogens is 295 g/mol. The van der Waals surface area contributed by atoms with Crippen LogP contribution in [0.15, 0.2) is 22.7 Å². The number of carbonyl (C=O) groups is 3. The second-order valence-electron chi connectivity index (χ2n) is 3.35. The largest absolute Gasteiger partial charge is 0.335 e. The lowest BCUT2D eigenvalue weighted by Gasteiger charge is -2.25. The Balaban J connectivity index is 2.42. The van der Waals surface area contributed by atoms with E-state index in [9.17, 15) is 18.8 Å². The number of rotatable bonds is 1. The van der Waals surface area contributed by atoms with Crippen LogP contribution in [0.3, 0.4) is 0 Å². The summed E-state index contributed by atoms with van der Waals surface area (Å²) < 4.78 is 13.1. The molecule has 1 saturated heterocycles. The van der Waals surface area contributed by atoms with Gasteiger partial charge >= 0.3 is 6.03 Å². The van der Waals surface area contributed by atoms with E-state index in [0.29, 0.717) is 0 Å². The molecule has 2 rings (SSSR count). The molecule has 4 amide bonds. The lowest BCUT2D eigenvalue weighted by atomic mass is 10.2. The van der Waals surface area contributed by atoms with Crippen molar-refractivity contribution in [3.63, 3.8) is 0 Å². The van der Waals surface area contributed by atoms with Crippen molar-refractivity contribution in [1.29, 1.82) is 0 Å². The van der Waals surface area contributed by atoms with E-state index in [0.717, 1.165) is 17.0 Å². The Kier molecular flexibility index (Phi) is 2.93. The Bertz CT molecular complexity index is 512. The number of urea groups is 1. The summed E-state index contributed by atoms with van der Waals surface area (Å²) in [5.41, 5.74) is 0.196. The molecule has 0 spiro atoms. The van der Waals surface area contributed by atoms with Crippen LogP contribution in [-0.2, 0) is 9.59 Å². The summed E-state index contributed by atoms with van der Waals surface area (Å²) in [6.45, 7) is 0. The molecule has 17 heavy (non-hydrogen) atoms. The Hall–Kier alpha value is -1.76. The van der Waals surface area contributed by atoms with Gasteiger partial charge in [-0.05, 0) is 34.1 Å². The third-order valence-electron chi connectivity index (χ3n) is 2.16. The number of benzene rings is 1. The first-order valence-electron chi connectivity index (χ1n) is 4.61. The minimum Gasteiger partial charge on any atom is -0.277 e. The van der Waals surface area contributed by atoms with Crippen LogP contribution in [0.1, 0.15) is 6.42 Å². The highest BCUT2D eigenvalue weighted by Gasteiger charge is 2.33. The fourth-order valence-corrected chi connectivity index (χ4v) is 1.98. The van der Waals surface area contributed by atoms with Gasteiger partial charge in [0.2, 0.25) is 11.8 Å². The van der Waals surface area contributed by atoms with Gasteiger partial charge in [-0.1, -0.05) is 0 Å². The van der Waals surface area contributed by atoms with E-state index in [1.54, 1.807) is 0 Å². The van der Waals surface area contributed by atoms with Gasteiger partial charge in [0, 0.05) is 4.47 Å². The molecule has 5 nitrogen and oxygen atoms in total. The molecule has 1 fully saturated rings. The Labute approximate surface area is 104 Å². The van der Waals surface area contributed by atoms with E-state index in [1.165, 1.54) is 6.07 Å². The molecule has 0 atom stereocenters. The number of hydrogen-bond acceptors (Lipinski definition) is 3. The predicted octanol–water partition coefficient (Wildman–Crippen LogP) is 1.56. The molecule has 0 bridgehead atoms. The molecule has 1 aromatic rings. The quantitative estimate of drug-likeness (QED) is 0.801. The van der Waals surface area contributed by atoms with Crippen LogP contribution in [0.25, 0.3) is 0 Å². The molecule has 1 aromatic carbocycles. The van der Waals surface area contributed by atoms with Crippen molar-refractivity contribution in [3.05, 3.63) is 28.5 Å². The fraction of sp³-hybridized carbons (Fsp3) is 0.100. The molecule has 7 heteroatoms. The SMILES string of the molecule is O=C1CC(=O)N(c2ccc(F)cc2Br)C(=O)N1. The number of halogens is 2. The van der Waals surface area contributed by atoms with Crippen molar-refractivity contribution in [2.24, 2.45) is 0 Å². The number of amides is 4. The third-order valence-corrected chi connectivity index (χ3v) is 2.80. The van der Waals surface area contributed by atoms with Crippen LogP contribution in [-0.4, -0.2) is 17.8 Å². The highest BCUT2D eigenvalue weighted by Crippen LogP contribution is 2.28. The second kappa shape index (κ2) is 4.25. The second-order valence-corrected chi connectivity index (χ2v) is 4.21. The van der Waals surface area contributed by atoms with Gasteiger partial charge in [-0.3, -0.25) is 14.9 Å². The van der Waals surface area contributed by atoms with E-state index in [2.05, 4.69) is 15.9 Å².